The first kappa shape index (κ1) is 8.20. The summed E-state index contributed by atoms with van der Waals surface area (Å²) in [5, 5.41) is 7.79. The number of nitrogens with two attached hydrogens (primary N) is 1. The number of hydrogen-bond donors (Lipinski definition) is 1. The van der Waals surface area contributed by atoms with E-state index in [1.165, 1.54) is 0 Å². The van der Waals surface area contributed by atoms with Crippen LogP contribution in [0.5, 0.6) is 0 Å². The molecule has 0 aliphatic carbocycles. The van der Waals surface area contributed by atoms with Gasteiger partial charge in [0.2, 0.25) is 0 Å². The fraction of sp³-hybridized carbons (Fsp3) is 0.714. The van der Waals surface area contributed by atoms with Gasteiger partial charge in [0.1, 0.15) is 0 Å². The van der Waals surface area contributed by atoms with Gasteiger partial charge in [0.15, 0.2) is 0 Å². The number of hydrogen-bond acceptors (Lipinski definition) is 3. The molecule has 0 aliphatic rings. The molecule has 0 aromatic carbocycles. The second-order valence-corrected chi connectivity index (χ2v) is 3.03. The molecule has 11 heavy (non-hydrogen) atoms. The molecule has 2 N–H and O–H groups in total. The highest BCUT2D eigenvalue weighted by atomic mass is 15.4. The van der Waals surface area contributed by atoms with E-state index < -0.39 is 0 Å². The van der Waals surface area contributed by atoms with E-state index in [1.54, 1.807) is 0 Å². The van der Waals surface area contributed by atoms with Gasteiger partial charge in [-0.15, -0.1) is 5.10 Å². The summed E-state index contributed by atoms with van der Waals surface area (Å²) in [6, 6.07) is 0. The predicted molar refractivity (Wildman–Crippen MR) is 42.8 cm³/mol. The van der Waals surface area contributed by atoms with E-state index in [0.29, 0.717) is 12.5 Å². The van der Waals surface area contributed by atoms with E-state index in [4.69, 9.17) is 5.73 Å². The first-order valence-corrected chi connectivity index (χ1v) is 3.81. The van der Waals surface area contributed by atoms with Crippen molar-refractivity contribution < 1.29 is 0 Å². The summed E-state index contributed by atoms with van der Waals surface area (Å²) in [7, 11) is 0. The Labute approximate surface area is 66.4 Å². The Hall–Kier alpha value is -0.900. The molecule has 62 valence electrons. The molecule has 1 aromatic rings. The molecule has 4 nitrogen and oxygen atoms in total. The van der Waals surface area contributed by atoms with Gasteiger partial charge in [-0.3, -0.25) is 4.68 Å². The molecule has 0 unspecified atom stereocenters. The van der Waals surface area contributed by atoms with Crippen LogP contribution < -0.4 is 5.73 Å². The van der Waals surface area contributed by atoms with Gasteiger partial charge in [-0.25, -0.2) is 0 Å². The summed E-state index contributed by atoms with van der Waals surface area (Å²) >= 11 is 0. The first-order valence-electron chi connectivity index (χ1n) is 3.81. The van der Waals surface area contributed by atoms with Crippen molar-refractivity contribution in [3.8, 4) is 0 Å². The Morgan fingerprint density at radius 3 is 2.82 bits per heavy atom. The molecular weight excluding hydrogens is 140 g/mol. The van der Waals surface area contributed by atoms with Gasteiger partial charge < -0.3 is 5.73 Å². The molecule has 1 heterocycles. The van der Waals surface area contributed by atoms with Gasteiger partial charge in [-0.2, -0.15) is 0 Å². The smallest absolute Gasteiger partial charge is 0.0962 e. The Bertz CT molecular complexity index is 216. The summed E-state index contributed by atoms with van der Waals surface area (Å²) < 4.78 is 1.83. The van der Waals surface area contributed by atoms with Crippen LogP contribution in [0, 0.1) is 5.92 Å². The summed E-state index contributed by atoms with van der Waals surface area (Å²) in [6.45, 7) is 5.67. The largest absolute Gasteiger partial charge is 0.325 e. The zero-order valence-corrected chi connectivity index (χ0v) is 6.99. The van der Waals surface area contributed by atoms with Gasteiger partial charge in [0.25, 0.3) is 0 Å². The van der Waals surface area contributed by atoms with E-state index >= 15 is 0 Å². The molecule has 0 spiro atoms. The second-order valence-electron chi connectivity index (χ2n) is 3.03. The minimum atomic E-state index is 0.470. The molecule has 0 saturated heterocycles. The van der Waals surface area contributed by atoms with Crippen molar-refractivity contribution >= 4 is 0 Å². The van der Waals surface area contributed by atoms with Crippen LogP contribution in [0.1, 0.15) is 19.5 Å². The quantitative estimate of drug-likeness (QED) is 0.685. The van der Waals surface area contributed by atoms with Gasteiger partial charge in [-0.05, 0) is 5.92 Å². The molecule has 0 atom stereocenters. The number of aromatic nitrogens is 3. The van der Waals surface area contributed by atoms with Crippen molar-refractivity contribution in [2.24, 2.45) is 11.7 Å². The standard InChI is InChI=1S/C7H14N4/c1-6(2)4-11-5-7(3-8)9-10-11/h5-6H,3-4,8H2,1-2H3. The lowest BCUT2D eigenvalue weighted by Crippen LogP contribution is -2.04. The van der Waals surface area contributed by atoms with E-state index in [-0.39, 0.29) is 0 Å². The van der Waals surface area contributed by atoms with Gasteiger partial charge >= 0.3 is 0 Å². The monoisotopic (exact) mass is 154 g/mol. The Morgan fingerprint density at radius 2 is 2.36 bits per heavy atom. The van der Waals surface area contributed by atoms with E-state index in [0.717, 1.165) is 12.2 Å². The normalized spacial score (nSPS) is 10.9. The molecular formula is C7H14N4. The van der Waals surface area contributed by atoms with Crippen LogP contribution in [0.4, 0.5) is 0 Å². The molecule has 0 bridgehead atoms. The maximum atomic E-state index is 5.38. The lowest BCUT2D eigenvalue weighted by atomic mass is 10.2. The van der Waals surface area contributed by atoms with Gasteiger partial charge in [-0.1, -0.05) is 19.1 Å². The maximum Gasteiger partial charge on any atom is 0.0962 e. The first-order chi connectivity index (χ1) is 5.22. The highest BCUT2D eigenvalue weighted by Crippen LogP contribution is 1.97. The summed E-state index contributed by atoms with van der Waals surface area (Å²) in [5.41, 5.74) is 6.23. The molecule has 0 saturated carbocycles. The van der Waals surface area contributed by atoms with Crippen LogP contribution in [0.25, 0.3) is 0 Å². The van der Waals surface area contributed by atoms with Crippen LogP contribution in [0.2, 0.25) is 0 Å². The Balaban J connectivity index is 2.58. The molecule has 0 aliphatic heterocycles. The average molecular weight is 154 g/mol. The number of rotatable bonds is 3. The van der Waals surface area contributed by atoms with Crippen LogP contribution in [0.3, 0.4) is 0 Å². The van der Waals surface area contributed by atoms with Crippen LogP contribution in [-0.4, -0.2) is 15.0 Å². The lowest BCUT2D eigenvalue weighted by molar-refractivity contribution is 0.472. The molecule has 1 rings (SSSR count). The van der Waals surface area contributed by atoms with Crippen molar-refractivity contribution in [3.05, 3.63) is 11.9 Å². The van der Waals surface area contributed by atoms with Crippen molar-refractivity contribution in [1.82, 2.24) is 15.0 Å². The average Bonchev–Trinajstić information content (AvgIpc) is 2.34. The van der Waals surface area contributed by atoms with Gasteiger partial charge in [0.05, 0.1) is 5.69 Å². The van der Waals surface area contributed by atoms with Crippen LogP contribution in [-0.2, 0) is 13.1 Å². The van der Waals surface area contributed by atoms with Crippen LogP contribution >= 0.6 is 0 Å². The third kappa shape index (κ3) is 2.31. The Kier molecular flexibility index (Phi) is 2.59. The minimum absolute atomic E-state index is 0.470. The maximum absolute atomic E-state index is 5.38. The summed E-state index contributed by atoms with van der Waals surface area (Å²) in [5.74, 6) is 0.599. The number of nitrogens with zero attached hydrogens (tertiary/aromatic N) is 3. The van der Waals surface area contributed by atoms with Crippen molar-refractivity contribution in [2.45, 2.75) is 26.9 Å². The molecule has 0 radical (unpaired) electrons. The summed E-state index contributed by atoms with van der Waals surface area (Å²) in [6.07, 6.45) is 1.89. The fourth-order valence-corrected chi connectivity index (χ4v) is 0.895. The highest BCUT2D eigenvalue weighted by molar-refractivity contribution is 4.90. The van der Waals surface area contributed by atoms with E-state index in [9.17, 15) is 0 Å². The fourth-order valence-electron chi connectivity index (χ4n) is 0.895. The van der Waals surface area contributed by atoms with Crippen LogP contribution in [0.15, 0.2) is 6.20 Å². The predicted octanol–water partition coefficient (Wildman–Crippen LogP) is 0.393. The van der Waals surface area contributed by atoms with Crippen molar-refractivity contribution in [2.75, 3.05) is 0 Å². The molecule has 1 aromatic heterocycles. The lowest BCUT2D eigenvalue weighted by Gasteiger charge is -2.01. The molecule has 0 amide bonds. The van der Waals surface area contributed by atoms with E-state index in [1.807, 2.05) is 10.9 Å². The van der Waals surface area contributed by atoms with Gasteiger partial charge in [0, 0.05) is 19.3 Å². The molecule has 4 heteroatoms. The topological polar surface area (TPSA) is 56.7 Å². The van der Waals surface area contributed by atoms with Crippen molar-refractivity contribution in [3.63, 3.8) is 0 Å². The zero-order valence-electron chi connectivity index (χ0n) is 6.99. The van der Waals surface area contributed by atoms with Crippen molar-refractivity contribution in [1.29, 1.82) is 0 Å². The SMILES string of the molecule is CC(C)Cn1cc(CN)nn1. The molecule has 0 fully saturated rings. The highest BCUT2D eigenvalue weighted by Gasteiger charge is 1.99. The zero-order chi connectivity index (χ0) is 8.27. The van der Waals surface area contributed by atoms with E-state index in [2.05, 4.69) is 24.2 Å². The summed E-state index contributed by atoms with van der Waals surface area (Å²) in [4.78, 5) is 0. The second kappa shape index (κ2) is 3.48. The minimum Gasteiger partial charge on any atom is -0.325 e. The Morgan fingerprint density at radius 1 is 1.64 bits per heavy atom. The third-order valence-electron chi connectivity index (χ3n) is 1.35. The third-order valence-corrected chi connectivity index (χ3v) is 1.35.